The van der Waals surface area contributed by atoms with Crippen LogP contribution < -0.4 is 4.90 Å². The molecule has 132 valence electrons. The van der Waals surface area contributed by atoms with Crippen LogP contribution in [0.25, 0.3) is 0 Å². The van der Waals surface area contributed by atoms with E-state index in [1.807, 2.05) is 6.07 Å². The molecule has 2 aromatic carbocycles. The smallest absolute Gasteiger partial charge is 0.243 e. The molecular weight excluding hydrogens is 334 g/mol. The third kappa shape index (κ3) is 3.17. The highest BCUT2D eigenvalue weighted by molar-refractivity contribution is 7.89. The molecule has 25 heavy (non-hydrogen) atoms. The molecule has 0 aromatic heterocycles. The first-order valence-electron chi connectivity index (χ1n) is 8.64. The van der Waals surface area contributed by atoms with E-state index in [-0.39, 0.29) is 0 Å². The Bertz CT molecular complexity index is 859. The molecule has 5 nitrogen and oxygen atoms in total. The van der Waals surface area contributed by atoms with E-state index in [9.17, 15) is 8.42 Å². The molecule has 0 aliphatic carbocycles. The standard InChI is InChI=1S/C19H23N3O2S/c1-20-9-11-21(12-10-20)18-8-7-16-14-22(15-17(16)13-18)25(23,24)19-5-3-2-4-6-19/h2-8,13H,9-12,14-15H2,1H3. The molecule has 6 heteroatoms. The largest absolute Gasteiger partial charge is 0.369 e. The number of rotatable bonds is 3. The zero-order valence-electron chi connectivity index (χ0n) is 14.4. The second-order valence-corrected chi connectivity index (χ2v) is 8.77. The average molecular weight is 357 g/mol. The van der Waals surface area contributed by atoms with Gasteiger partial charge in [0, 0.05) is 45.0 Å². The van der Waals surface area contributed by atoms with E-state index >= 15 is 0 Å². The van der Waals surface area contributed by atoms with Crippen molar-refractivity contribution in [2.45, 2.75) is 18.0 Å². The van der Waals surface area contributed by atoms with Gasteiger partial charge in [0.25, 0.3) is 0 Å². The number of benzene rings is 2. The summed E-state index contributed by atoms with van der Waals surface area (Å²) >= 11 is 0. The van der Waals surface area contributed by atoms with Crippen molar-refractivity contribution in [3.63, 3.8) is 0 Å². The SMILES string of the molecule is CN1CCN(c2ccc3c(c2)CN(S(=O)(=O)c2ccccc2)C3)CC1. The van der Waals surface area contributed by atoms with Gasteiger partial charge in [-0.05, 0) is 42.4 Å². The molecule has 0 unspecified atom stereocenters. The Morgan fingerprint density at radius 2 is 1.52 bits per heavy atom. The van der Waals surface area contributed by atoms with Crippen LogP contribution in [0.15, 0.2) is 53.4 Å². The maximum Gasteiger partial charge on any atom is 0.243 e. The number of hydrogen-bond acceptors (Lipinski definition) is 4. The Balaban J connectivity index is 1.55. The maximum absolute atomic E-state index is 12.8. The van der Waals surface area contributed by atoms with Gasteiger partial charge in [-0.15, -0.1) is 0 Å². The summed E-state index contributed by atoms with van der Waals surface area (Å²) in [5, 5.41) is 0. The van der Waals surface area contributed by atoms with Crippen LogP contribution in [0.5, 0.6) is 0 Å². The highest BCUT2D eigenvalue weighted by Crippen LogP contribution is 2.31. The highest BCUT2D eigenvalue weighted by atomic mass is 32.2. The van der Waals surface area contributed by atoms with Crippen LogP contribution >= 0.6 is 0 Å². The lowest BCUT2D eigenvalue weighted by atomic mass is 10.1. The third-order valence-corrected chi connectivity index (χ3v) is 6.94. The van der Waals surface area contributed by atoms with Gasteiger partial charge in [-0.2, -0.15) is 4.31 Å². The quantitative estimate of drug-likeness (QED) is 0.844. The van der Waals surface area contributed by atoms with Crippen LogP contribution in [0, 0.1) is 0 Å². The van der Waals surface area contributed by atoms with Crippen molar-refractivity contribution in [3.8, 4) is 0 Å². The fourth-order valence-corrected chi connectivity index (χ4v) is 4.94. The van der Waals surface area contributed by atoms with Gasteiger partial charge in [-0.25, -0.2) is 8.42 Å². The number of hydrogen-bond donors (Lipinski definition) is 0. The number of sulfonamides is 1. The first-order valence-corrected chi connectivity index (χ1v) is 10.1. The van der Waals surface area contributed by atoms with Gasteiger partial charge in [0.2, 0.25) is 10.0 Å². The number of anilines is 1. The second kappa shape index (κ2) is 6.44. The van der Waals surface area contributed by atoms with Gasteiger partial charge < -0.3 is 9.80 Å². The second-order valence-electron chi connectivity index (χ2n) is 6.83. The van der Waals surface area contributed by atoms with Crippen LogP contribution in [0.1, 0.15) is 11.1 Å². The first-order chi connectivity index (χ1) is 12.0. The molecule has 4 rings (SSSR count). The molecule has 2 heterocycles. The van der Waals surface area contributed by atoms with Gasteiger partial charge in [0.05, 0.1) is 4.90 Å². The Hall–Kier alpha value is -1.89. The minimum absolute atomic E-state index is 0.363. The molecule has 0 amide bonds. The van der Waals surface area contributed by atoms with Crippen LogP contribution in [-0.4, -0.2) is 50.8 Å². The van der Waals surface area contributed by atoms with E-state index in [1.165, 1.54) is 5.69 Å². The van der Waals surface area contributed by atoms with E-state index in [0.717, 1.165) is 37.3 Å². The summed E-state index contributed by atoms with van der Waals surface area (Å²) in [6, 6.07) is 15.1. The van der Waals surface area contributed by atoms with Crippen molar-refractivity contribution in [2.24, 2.45) is 0 Å². The molecule has 2 aliphatic heterocycles. The summed E-state index contributed by atoms with van der Waals surface area (Å²) in [5.74, 6) is 0. The predicted octanol–water partition coefficient (Wildman–Crippen LogP) is 2.14. The van der Waals surface area contributed by atoms with Crippen LogP contribution in [0.3, 0.4) is 0 Å². The molecule has 1 saturated heterocycles. The Labute approximate surface area is 149 Å². The van der Waals surface area contributed by atoms with Gasteiger partial charge >= 0.3 is 0 Å². The molecule has 2 aliphatic rings. The zero-order chi connectivity index (χ0) is 17.4. The maximum atomic E-state index is 12.8. The van der Waals surface area contributed by atoms with Crippen molar-refractivity contribution in [1.29, 1.82) is 0 Å². The third-order valence-electron chi connectivity index (χ3n) is 5.13. The minimum atomic E-state index is -3.44. The minimum Gasteiger partial charge on any atom is -0.369 e. The van der Waals surface area contributed by atoms with E-state index in [2.05, 4.69) is 35.0 Å². The highest BCUT2D eigenvalue weighted by Gasteiger charge is 2.31. The average Bonchev–Trinajstić information content (AvgIpc) is 3.07. The normalized spacial score (nSPS) is 19.2. The summed E-state index contributed by atoms with van der Waals surface area (Å²) in [5.41, 5.74) is 3.43. The first kappa shape index (κ1) is 16.6. The molecule has 0 bridgehead atoms. The van der Waals surface area contributed by atoms with Crippen molar-refractivity contribution in [3.05, 3.63) is 59.7 Å². The fraction of sp³-hybridized carbons (Fsp3) is 0.368. The molecular formula is C19H23N3O2S. The summed E-state index contributed by atoms with van der Waals surface area (Å²) in [4.78, 5) is 5.08. The molecule has 2 aromatic rings. The Morgan fingerprint density at radius 1 is 0.840 bits per heavy atom. The van der Waals surface area contributed by atoms with Crippen molar-refractivity contribution in [2.75, 3.05) is 38.1 Å². The molecule has 1 fully saturated rings. The van der Waals surface area contributed by atoms with Crippen LogP contribution in [-0.2, 0) is 23.1 Å². The lowest BCUT2D eigenvalue weighted by molar-refractivity contribution is 0.313. The van der Waals surface area contributed by atoms with E-state index in [1.54, 1.807) is 28.6 Å². The topological polar surface area (TPSA) is 43.9 Å². The fourth-order valence-electron chi connectivity index (χ4n) is 3.52. The van der Waals surface area contributed by atoms with Crippen molar-refractivity contribution in [1.82, 2.24) is 9.21 Å². The predicted molar refractivity (Wildman–Crippen MR) is 99.0 cm³/mol. The van der Waals surface area contributed by atoms with Crippen LogP contribution in [0.2, 0.25) is 0 Å². The molecule has 0 saturated carbocycles. The van der Waals surface area contributed by atoms with E-state index in [4.69, 9.17) is 0 Å². The lowest BCUT2D eigenvalue weighted by Gasteiger charge is -2.34. The monoisotopic (exact) mass is 357 g/mol. The van der Waals surface area contributed by atoms with E-state index in [0.29, 0.717) is 18.0 Å². The lowest BCUT2D eigenvalue weighted by Crippen LogP contribution is -2.44. The zero-order valence-corrected chi connectivity index (χ0v) is 15.2. The summed E-state index contributed by atoms with van der Waals surface area (Å²) in [6.07, 6.45) is 0. The number of piperazine rings is 1. The summed E-state index contributed by atoms with van der Waals surface area (Å²) in [6.45, 7) is 5.06. The van der Waals surface area contributed by atoms with Gasteiger partial charge in [-0.3, -0.25) is 0 Å². The summed E-state index contributed by atoms with van der Waals surface area (Å²) in [7, 11) is -1.29. The van der Waals surface area contributed by atoms with E-state index < -0.39 is 10.0 Å². The summed E-state index contributed by atoms with van der Waals surface area (Å²) < 4.78 is 27.2. The molecule has 0 spiro atoms. The molecule has 0 radical (unpaired) electrons. The molecule has 0 atom stereocenters. The number of nitrogens with zero attached hydrogens (tertiary/aromatic N) is 3. The van der Waals surface area contributed by atoms with Crippen molar-refractivity contribution >= 4 is 15.7 Å². The van der Waals surface area contributed by atoms with Gasteiger partial charge in [0.1, 0.15) is 0 Å². The van der Waals surface area contributed by atoms with Crippen LogP contribution in [0.4, 0.5) is 5.69 Å². The van der Waals surface area contributed by atoms with Crippen molar-refractivity contribution < 1.29 is 8.42 Å². The Morgan fingerprint density at radius 3 is 2.24 bits per heavy atom. The van der Waals surface area contributed by atoms with Gasteiger partial charge in [0.15, 0.2) is 0 Å². The Kier molecular flexibility index (Phi) is 4.27. The number of fused-ring (bicyclic) bond motifs is 1. The van der Waals surface area contributed by atoms with Gasteiger partial charge in [-0.1, -0.05) is 24.3 Å². The number of likely N-dealkylation sites (N-methyl/N-ethyl adjacent to an activating group) is 1. The molecule has 0 N–H and O–H groups in total.